The topological polar surface area (TPSA) is 105 Å². The van der Waals surface area contributed by atoms with Crippen LogP contribution in [0.25, 0.3) is 11.3 Å². The molecule has 27 heavy (non-hydrogen) atoms. The molecule has 1 aromatic carbocycles. The van der Waals surface area contributed by atoms with Crippen LogP contribution in [-0.2, 0) is 9.53 Å². The van der Waals surface area contributed by atoms with Gasteiger partial charge in [0.05, 0.1) is 42.1 Å². The number of amides is 1. The summed E-state index contributed by atoms with van der Waals surface area (Å²) in [5.41, 5.74) is 2.35. The molecule has 0 atom stereocenters. The summed E-state index contributed by atoms with van der Waals surface area (Å²) in [5, 5.41) is 19.9. The molecule has 1 aliphatic carbocycles. The number of esters is 1. The van der Waals surface area contributed by atoms with Gasteiger partial charge in [0, 0.05) is 11.6 Å². The molecule has 1 heterocycles. The molecule has 1 N–H and O–H groups in total. The number of rotatable bonds is 4. The minimum Gasteiger partial charge on any atom is -0.469 e. The van der Waals surface area contributed by atoms with Crippen LogP contribution in [-0.4, -0.2) is 35.2 Å². The van der Waals surface area contributed by atoms with Crippen LogP contribution in [0.3, 0.4) is 0 Å². The standard InChI is InChI=1S/C20H20N4O3/c1-27-20(26)15-6-8-17(9-7-15)23-19(25)16-10-18(24-22-12-16)14-4-2-13(11-21)3-5-14/h2-5,10,12,15,17H,6-9H2,1H3,(H,23,25). The van der Waals surface area contributed by atoms with Gasteiger partial charge in [-0.15, -0.1) is 0 Å². The number of ether oxygens (including phenoxy) is 1. The van der Waals surface area contributed by atoms with Crippen molar-refractivity contribution in [2.75, 3.05) is 7.11 Å². The lowest BCUT2D eigenvalue weighted by Crippen LogP contribution is -2.39. The van der Waals surface area contributed by atoms with Gasteiger partial charge in [-0.2, -0.15) is 15.5 Å². The summed E-state index contributed by atoms with van der Waals surface area (Å²) in [6, 6.07) is 10.7. The Bertz CT molecular complexity index is 866. The first kappa shape index (κ1) is 18.5. The predicted octanol–water partition coefficient (Wildman–Crippen LogP) is 2.48. The number of nitrogens with zero attached hydrogens (tertiary/aromatic N) is 3. The molecule has 1 aliphatic rings. The second-order valence-corrected chi connectivity index (χ2v) is 6.56. The van der Waals surface area contributed by atoms with Crippen molar-refractivity contribution in [1.82, 2.24) is 15.5 Å². The molecule has 0 radical (unpaired) electrons. The Morgan fingerprint density at radius 3 is 2.52 bits per heavy atom. The fourth-order valence-electron chi connectivity index (χ4n) is 3.26. The van der Waals surface area contributed by atoms with E-state index in [1.54, 1.807) is 30.3 Å². The van der Waals surface area contributed by atoms with Crippen LogP contribution in [0, 0.1) is 17.2 Å². The molecule has 7 heteroatoms. The highest BCUT2D eigenvalue weighted by Crippen LogP contribution is 2.25. The maximum Gasteiger partial charge on any atom is 0.308 e. The number of methoxy groups -OCH3 is 1. The summed E-state index contributed by atoms with van der Waals surface area (Å²) in [6.07, 6.45) is 4.34. The van der Waals surface area contributed by atoms with Crippen molar-refractivity contribution >= 4 is 11.9 Å². The lowest BCUT2D eigenvalue weighted by molar-refractivity contribution is -0.146. The fourth-order valence-corrected chi connectivity index (χ4v) is 3.26. The highest BCUT2D eigenvalue weighted by atomic mass is 16.5. The average molecular weight is 364 g/mol. The maximum absolute atomic E-state index is 12.6. The first-order valence-electron chi connectivity index (χ1n) is 8.82. The van der Waals surface area contributed by atoms with E-state index in [0.717, 1.165) is 18.4 Å². The molecule has 0 unspecified atom stereocenters. The van der Waals surface area contributed by atoms with Crippen molar-refractivity contribution in [3.05, 3.63) is 47.7 Å². The van der Waals surface area contributed by atoms with Crippen LogP contribution in [0.2, 0.25) is 0 Å². The monoisotopic (exact) mass is 364 g/mol. The summed E-state index contributed by atoms with van der Waals surface area (Å²) in [7, 11) is 1.40. The number of carbonyl (C=O) groups is 2. The van der Waals surface area contributed by atoms with E-state index in [4.69, 9.17) is 10.00 Å². The van der Waals surface area contributed by atoms with Gasteiger partial charge in [0.1, 0.15) is 0 Å². The SMILES string of the molecule is COC(=O)C1CCC(NC(=O)c2cnnc(-c3ccc(C#N)cc3)c2)CC1. The van der Waals surface area contributed by atoms with E-state index in [1.165, 1.54) is 13.3 Å². The molecule has 0 bridgehead atoms. The van der Waals surface area contributed by atoms with Crippen molar-refractivity contribution < 1.29 is 14.3 Å². The normalized spacial score (nSPS) is 19.0. The third-order valence-corrected chi connectivity index (χ3v) is 4.82. The molecule has 3 rings (SSSR count). The van der Waals surface area contributed by atoms with E-state index >= 15 is 0 Å². The van der Waals surface area contributed by atoms with Crippen LogP contribution in [0.5, 0.6) is 0 Å². The number of hydrogen-bond acceptors (Lipinski definition) is 6. The van der Waals surface area contributed by atoms with Crippen molar-refractivity contribution in [2.24, 2.45) is 5.92 Å². The maximum atomic E-state index is 12.6. The number of carbonyl (C=O) groups excluding carboxylic acids is 2. The third kappa shape index (κ3) is 4.47. The highest BCUT2D eigenvalue weighted by Gasteiger charge is 2.27. The summed E-state index contributed by atoms with van der Waals surface area (Å²) >= 11 is 0. The molecule has 0 spiro atoms. The second-order valence-electron chi connectivity index (χ2n) is 6.56. The Morgan fingerprint density at radius 2 is 1.89 bits per heavy atom. The molecule has 1 aromatic heterocycles. The van der Waals surface area contributed by atoms with E-state index in [-0.39, 0.29) is 23.8 Å². The van der Waals surface area contributed by atoms with Crippen molar-refractivity contribution in [2.45, 2.75) is 31.7 Å². The molecular weight excluding hydrogens is 344 g/mol. The minimum absolute atomic E-state index is 0.0323. The quantitative estimate of drug-likeness (QED) is 0.836. The molecule has 7 nitrogen and oxygen atoms in total. The zero-order valence-electron chi connectivity index (χ0n) is 15.0. The Kier molecular flexibility index (Phi) is 5.77. The summed E-state index contributed by atoms with van der Waals surface area (Å²) in [4.78, 5) is 24.1. The van der Waals surface area contributed by atoms with Gasteiger partial charge >= 0.3 is 5.97 Å². The van der Waals surface area contributed by atoms with Gasteiger partial charge in [-0.1, -0.05) is 12.1 Å². The first-order chi connectivity index (χ1) is 13.1. The Labute approximate surface area is 157 Å². The van der Waals surface area contributed by atoms with Gasteiger partial charge in [0.15, 0.2) is 0 Å². The number of nitrogens with one attached hydrogen (secondary N) is 1. The van der Waals surface area contributed by atoms with Gasteiger partial charge in [-0.05, 0) is 43.9 Å². The number of hydrogen-bond donors (Lipinski definition) is 1. The van der Waals surface area contributed by atoms with Crippen molar-refractivity contribution in [3.8, 4) is 17.3 Å². The molecule has 1 fully saturated rings. The Morgan fingerprint density at radius 1 is 1.19 bits per heavy atom. The average Bonchev–Trinajstić information content (AvgIpc) is 2.74. The van der Waals surface area contributed by atoms with Crippen LogP contribution in [0.15, 0.2) is 36.5 Å². The van der Waals surface area contributed by atoms with E-state index < -0.39 is 0 Å². The smallest absolute Gasteiger partial charge is 0.308 e. The number of aromatic nitrogens is 2. The second kappa shape index (κ2) is 8.41. The summed E-state index contributed by atoms with van der Waals surface area (Å²) < 4.78 is 4.79. The van der Waals surface area contributed by atoms with Gasteiger partial charge < -0.3 is 10.1 Å². The van der Waals surface area contributed by atoms with E-state index in [0.29, 0.717) is 29.7 Å². The number of nitriles is 1. The predicted molar refractivity (Wildman–Crippen MR) is 97.4 cm³/mol. The van der Waals surface area contributed by atoms with Crippen LogP contribution < -0.4 is 5.32 Å². The Hall–Kier alpha value is -3.27. The summed E-state index contributed by atoms with van der Waals surface area (Å²) in [6.45, 7) is 0. The van der Waals surface area contributed by atoms with Crippen LogP contribution >= 0.6 is 0 Å². The zero-order valence-corrected chi connectivity index (χ0v) is 15.0. The van der Waals surface area contributed by atoms with Crippen molar-refractivity contribution in [1.29, 1.82) is 5.26 Å². The van der Waals surface area contributed by atoms with Gasteiger partial charge in [0.25, 0.3) is 5.91 Å². The first-order valence-corrected chi connectivity index (χ1v) is 8.82. The van der Waals surface area contributed by atoms with Gasteiger partial charge in [-0.25, -0.2) is 0 Å². The van der Waals surface area contributed by atoms with E-state index in [1.807, 2.05) is 0 Å². The molecule has 2 aromatic rings. The largest absolute Gasteiger partial charge is 0.469 e. The molecule has 0 aliphatic heterocycles. The number of benzene rings is 1. The Balaban J connectivity index is 1.64. The molecule has 138 valence electrons. The molecular formula is C20H20N4O3. The highest BCUT2D eigenvalue weighted by molar-refractivity contribution is 5.95. The van der Waals surface area contributed by atoms with E-state index in [2.05, 4.69) is 21.6 Å². The lowest BCUT2D eigenvalue weighted by Gasteiger charge is -2.27. The van der Waals surface area contributed by atoms with Crippen LogP contribution in [0.1, 0.15) is 41.6 Å². The fraction of sp³-hybridized carbons (Fsp3) is 0.350. The van der Waals surface area contributed by atoms with Crippen LogP contribution in [0.4, 0.5) is 0 Å². The third-order valence-electron chi connectivity index (χ3n) is 4.82. The van der Waals surface area contributed by atoms with Crippen molar-refractivity contribution in [3.63, 3.8) is 0 Å². The van der Waals surface area contributed by atoms with Gasteiger partial charge in [0.2, 0.25) is 0 Å². The lowest BCUT2D eigenvalue weighted by atomic mass is 9.86. The molecule has 0 saturated heterocycles. The molecule has 1 amide bonds. The molecule has 1 saturated carbocycles. The minimum atomic E-state index is -0.207. The van der Waals surface area contributed by atoms with Gasteiger partial charge in [-0.3, -0.25) is 9.59 Å². The van der Waals surface area contributed by atoms with E-state index in [9.17, 15) is 9.59 Å². The zero-order chi connectivity index (χ0) is 19.2. The summed E-state index contributed by atoms with van der Waals surface area (Å²) in [5.74, 6) is -0.458.